The first-order valence-electron chi connectivity index (χ1n) is 6.30. The molecule has 0 saturated carbocycles. The van der Waals surface area contributed by atoms with Gasteiger partial charge in [0.25, 0.3) is 0 Å². The lowest BCUT2D eigenvalue weighted by Gasteiger charge is -2.10. The lowest BCUT2D eigenvalue weighted by Crippen LogP contribution is -2.12. The Morgan fingerprint density at radius 3 is 2.95 bits per heavy atom. The van der Waals surface area contributed by atoms with Gasteiger partial charge in [-0.1, -0.05) is 19.9 Å². The van der Waals surface area contributed by atoms with E-state index in [1.165, 1.54) is 18.5 Å². The number of nitrogens with zero attached hydrogens (tertiary/aromatic N) is 4. The van der Waals surface area contributed by atoms with Gasteiger partial charge in [-0.25, -0.2) is 14.1 Å². The van der Waals surface area contributed by atoms with Crippen LogP contribution in [0.5, 0.6) is 5.75 Å². The Balaban J connectivity index is 2.12. The second-order valence-corrected chi connectivity index (χ2v) is 4.77. The van der Waals surface area contributed by atoms with Crippen LogP contribution >= 0.6 is 0 Å². The van der Waals surface area contributed by atoms with Crippen LogP contribution in [0.4, 0.5) is 4.39 Å². The number of hydrogen-bond donors (Lipinski definition) is 0. The summed E-state index contributed by atoms with van der Waals surface area (Å²) in [5.74, 6) is 0.700. The smallest absolute Gasteiger partial charge is 0.164 e. The van der Waals surface area contributed by atoms with E-state index >= 15 is 0 Å². The number of benzene rings is 1. The SMILES string of the molecule is CC(C)Cn1ncnc1COc1cccc(F)c1C#N. The fourth-order valence-electron chi connectivity index (χ4n) is 1.77. The highest BCUT2D eigenvalue weighted by molar-refractivity contribution is 5.43. The summed E-state index contributed by atoms with van der Waals surface area (Å²) in [4.78, 5) is 4.11. The van der Waals surface area contributed by atoms with Crippen LogP contribution in [0.3, 0.4) is 0 Å². The second kappa shape index (κ2) is 6.15. The molecule has 1 aromatic carbocycles. The van der Waals surface area contributed by atoms with Gasteiger partial charge in [0.2, 0.25) is 0 Å². The normalized spacial score (nSPS) is 10.6. The predicted octanol–water partition coefficient (Wildman–Crippen LogP) is 2.52. The van der Waals surface area contributed by atoms with Crippen molar-refractivity contribution >= 4 is 0 Å². The molecule has 1 aromatic heterocycles. The van der Waals surface area contributed by atoms with E-state index in [-0.39, 0.29) is 17.9 Å². The standard InChI is InChI=1S/C14H15FN4O/c1-10(2)7-19-14(17-9-18-19)8-20-13-5-3-4-12(15)11(13)6-16/h3-5,9-10H,7-8H2,1-2H3. The molecule has 5 nitrogen and oxygen atoms in total. The van der Waals surface area contributed by atoms with Crippen LogP contribution in [0.2, 0.25) is 0 Å². The van der Waals surface area contributed by atoms with Gasteiger partial charge in [-0.15, -0.1) is 0 Å². The van der Waals surface area contributed by atoms with Gasteiger partial charge in [0.1, 0.15) is 36.1 Å². The van der Waals surface area contributed by atoms with Crippen LogP contribution in [-0.4, -0.2) is 14.8 Å². The summed E-state index contributed by atoms with van der Waals surface area (Å²) in [7, 11) is 0. The number of ether oxygens (including phenoxy) is 1. The fraction of sp³-hybridized carbons (Fsp3) is 0.357. The molecule has 0 amide bonds. The molecule has 0 saturated heterocycles. The van der Waals surface area contributed by atoms with Crippen molar-refractivity contribution in [3.63, 3.8) is 0 Å². The molecule has 6 heteroatoms. The molecule has 20 heavy (non-hydrogen) atoms. The quantitative estimate of drug-likeness (QED) is 0.840. The zero-order valence-electron chi connectivity index (χ0n) is 11.4. The van der Waals surface area contributed by atoms with E-state index in [2.05, 4.69) is 23.9 Å². The maximum Gasteiger partial charge on any atom is 0.164 e. The third-order valence-electron chi connectivity index (χ3n) is 2.68. The summed E-state index contributed by atoms with van der Waals surface area (Å²) >= 11 is 0. The van der Waals surface area contributed by atoms with Crippen molar-refractivity contribution in [2.24, 2.45) is 5.92 Å². The van der Waals surface area contributed by atoms with Crippen LogP contribution in [0.25, 0.3) is 0 Å². The van der Waals surface area contributed by atoms with E-state index in [9.17, 15) is 4.39 Å². The number of hydrogen-bond acceptors (Lipinski definition) is 4. The minimum absolute atomic E-state index is 0.0950. The molecule has 0 aliphatic rings. The molecular weight excluding hydrogens is 259 g/mol. The van der Waals surface area contributed by atoms with Crippen molar-refractivity contribution in [2.45, 2.75) is 27.0 Å². The Morgan fingerprint density at radius 1 is 1.45 bits per heavy atom. The molecule has 0 fully saturated rings. The molecule has 0 spiro atoms. The third-order valence-corrected chi connectivity index (χ3v) is 2.68. The Hall–Kier alpha value is -2.42. The topological polar surface area (TPSA) is 63.7 Å². The highest BCUT2D eigenvalue weighted by Crippen LogP contribution is 2.21. The van der Waals surface area contributed by atoms with Gasteiger partial charge in [0, 0.05) is 6.54 Å². The number of halogens is 1. The number of rotatable bonds is 5. The van der Waals surface area contributed by atoms with Crippen LogP contribution in [0.15, 0.2) is 24.5 Å². The maximum atomic E-state index is 13.4. The predicted molar refractivity (Wildman–Crippen MR) is 70.3 cm³/mol. The summed E-state index contributed by atoms with van der Waals surface area (Å²) in [5.41, 5.74) is -0.0950. The summed E-state index contributed by atoms with van der Waals surface area (Å²) in [6, 6.07) is 6.09. The first-order valence-corrected chi connectivity index (χ1v) is 6.30. The largest absolute Gasteiger partial charge is 0.484 e. The van der Waals surface area contributed by atoms with Crippen LogP contribution < -0.4 is 4.74 Å². The molecule has 0 radical (unpaired) electrons. The summed E-state index contributed by atoms with van der Waals surface area (Å²) < 4.78 is 20.7. The average Bonchev–Trinajstić information content (AvgIpc) is 2.83. The molecule has 2 rings (SSSR count). The lowest BCUT2D eigenvalue weighted by atomic mass is 10.2. The molecular formula is C14H15FN4O. The minimum Gasteiger partial charge on any atom is -0.484 e. The van der Waals surface area contributed by atoms with Crippen LogP contribution in [0.1, 0.15) is 25.2 Å². The average molecular weight is 274 g/mol. The molecule has 0 aliphatic heterocycles. The van der Waals surface area contributed by atoms with Gasteiger partial charge in [0.05, 0.1) is 0 Å². The molecule has 0 aliphatic carbocycles. The molecule has 0 unspecified atom stereocenters. The van der Waals surface area contributed by atoms with Gasteiger partial charge in [-0.2, -0.15) is 10.4 Å². The molecule has 0 bridgehead atoms. The van der Waals surface area contributed by atoms with Crippen molar-refractivity contribution in [1.29, 1.82) is 5.26 Å². The Morgan fingerprint density at radius 2 is 2.25 bits per heavy atom. The summed E-state index contributed by atoms with van der Waals surface area (Å²) in [5, 5.41) is 13.0. The van der Waals surface area contributed by atoms with E-state index in [1.807, 2.05) is 0 Å². The van der Waals surface area contributed by atoms with E-state index in [0.29, 0.717) is 11.7 Å². The Kier molecular flexibility index (Phi) is 4.31. The van der Waals surface area contributed by atoms with Crippen molar-refractivity contribution in [2.75, 3.05) is 0 Å². The molecule has 104 valence electrons. The highest BCUT2D eigenvalue weighted by Gasteiger charge is 2.11. The summed E-state index contributed by atoms with van der Waals surface area (Å²) in [6.45, 7) is 5.02. The van der Waals surface area contributed by atoms with Gasteiger partial charge in [0.15, 0.2) is 5.82 Å². The van der Waals surface area contributed by atoms with Crippen molar-refractivity contribution in [3.8, 4) is 11.8 Å². The van der Waals surface area contributed by atoms with Gasteiger partial charge in [-0.3, -0.25) is 0 Å². The van der Waals surface area contributed by atoms with E-state index in [1.54, 1.807) is 16.8 Å². The second-order valence-electron chi connectivity index (χ2n) is 4.77. The van der Waals surface area contributed by atoms with Gasteiger partial charge < -0.3 is 4.74 Å². The first kappa shape index (κ1) is 14.0. The number of nitriles is 1. The Bertz CT molecular complexity index is 630. The van der Waals surface area contributed by atoms with Crippen molar-refractivity contribution in [3.05, 3.63) is 41.7 Å². The Labute approximate surface area is 116 Å². The molecule has 0 N–H and O–H groups in total. The monoisotopic (exact) mass is 274 g/mol. The molecule has 0 atom stereocenters. The minimum atomic E-state index is -0.589. The molecule has 1 heterocycles. The fourth-order valence-corrected chi connectivity index (χ4v) is 1.77. The zero-order valence-corrected chi connectivity index (χ0v) is 11.4. The maximum absolute atomic E-state index is 13.4. The summed E-state index contributed by atoms with van der Waals surface area (Å²) in [6.07, 6.45) is 1.46. The third kappa shape index (κ3) is 3.12. The van der Waals surface area contributed by atoms with E-state index in [0.717, 1.165) is 6.54 Å². The number of aromatic nitrogens is 3. The highest BCUT2D eigenvalue weighted by atomic mass is 19.1. The van der Waals surface area contributed by atoms with Gasteiger partial charge >= 0.3 is 0 Å². The molecule has 2 aromatic rings. The van der Waals surface area contributed by atoms with E-state index < -0.39 is 5.82 Å². The van der Waals surface area contributed by atoms with Crippen LogP contribution in [0, 0.1) is 23.1 Å². The zero-order chi connectivity index (χ0) is 14.5. The van der Waals surface area contributed by atoms with E-state index in [4.69, 9.17) is 10.00 Å². The van der Waals surface area contributed by atoms with Crippen molar-refractivity contribution < 1.29 is 9.13 Å². The van der Waals surface area contributed by atoms with Crippen LogP contribution in [-0.2, 0) is 13.2 Å². The van der Waals surface area contributed by atoms with Crippen molar-refractivity contribution in [1.82, 2.24) is 14.8 Å². The first-order chi connectivity index (χ1) is 9.61. The van der Waals surface area contributed by atoms with Gasteiger partial charge in [-0.05, 0) is 18.1 Å². The lowest BCUT2D eigenvalue weighted by molar-refractivity contribution is 0.280.